The molecule has 5 heteroatoms. The highest BCUT2D eigenvalue weighted by molar-refractivity contribution is 5.43. The molecule has 1 saturated heterocycles. The average Bonchev–Trinajstić information content (AvgIpc) is 2.49. The molecule has 5 nitrogen and oxygen atoms in total. The third-order valence-corrected chi connectivity index (χ3v) is 3.97. The van der Waals surface area contributed by atoms with Crippen LogP contribution in [-0.4, -0.2) is 63.3 Å². The molecule has 1 fully saturated rings. The summed E-state index contributed by atoms with van der Waals surface area (Å²) in [6.45, 7) is 8.08. The fraction of sp³-hybridized carbons (Fsp3) is 0.625. The topological polar surface area (TPSA) is 51.0 Å². The zero-order valence-corrected chi connectivity index (χ0v) is 13.3. The number of rotatable bonds is 6. The first-order valence-corrected chi connectivity index (χ1v) is 7.57. The maximum Gasteiger partial charge on any atom is 0.161 e. The minimum absolute atomic E-state index is 0.00158. The lowest BCUT2D eigenvalue weighted by molar-refractivity contribution is 0.133. The Balaban J connectivity index is 1.85. The molecule has 0 spiro atoms. The van der Waals surface area contributed by atoms with E-state index in [1.807, 2.05) is 25.1 Å². The van der Waals surface area contributed by atoms with Gasteiger partial charge < -0.3 is 20.1 Å². The van der Waals surface area contributed by atoms with E-state index in [-0.39, 0.29) is 6.04 Å². The van der Waals surface area contributed by atoms with Crippen molar-refractivity contribution in [3.63, 3.8) is 0 Å². The summed E-state index contributed by atoms with van der Waals surface area (Å²) >= 11 is 0. The zero-order chi connectivity index (χ0) is 15.2. The highest BCUT2D eigenvalue weighted by Crippen LogP contribution is 2.29. The second kappa shape index (κ2) is 7.64. The molecule has 0 unspecified atom stereocenters. The van der Waals surface area contributed by atoms with Gasteiger partial charge in [0.1, 0.15) is 6.61 Å². The summed E-state index contributed by atoms with van der Waals surface area (Å²) in [5.41, 5.74) is 6.94. The highest BCUT2D eigenvalue weighted by Gasteiger charge is 2.14. The summed E-state index contributed by atoms with van der Waals surface area (Å²) in [5, 5.41) is 0. The van der Waals surface area contributed by atoms with Crippen molar-refractivity contribution in [3.05, 3.63) is 23.8 Å². The molecular weight excluding hydrogens is 266 g/mol. The van der Waals surface area contributed by atoms with Crippen LogP contribution >= 0.6 is 0 Å². The van der Waals surface area contributed by atoms with Crippen molar-refractivity contribution >= 4 is 0 Å². The van der Waals surface area contributed by atoms with Gasteiger partial charge in [0.15, 0.2) is 11.5 Å². The van der Waals surface area contributed by atoms with E-state index in [9.17, 15) is 0 Å². The van der Waals surface area contributed by atoms with Crippen molar-refractivity contribution in [2.75, 3.05) is 53.5 Å². The van der Waals surface area contributed by atoms with Crippen molar-refractivity contribution in [1.29, 1.82) is 0 Å². The van der Waals surface area contributed by atoms with E-state index in [1.54, 1.807) is 7.11 Å². The van der Waals surface area contributed by atoms with Gasteiger partial charge in [-0.15, -0.1) is 0 Å². The lowest BCUT2D eigenvalue weighted by atomic mass is 10.1. The molecular formula is C16H27N3O2. The Morgan fingerprint density at radius 1 is 1.19 bits per heavy atom. The molecule has 2 N–H and O–H groups in total. The van der Waals surface area contributed by atoms with Gasteiger partial charge in [0, 0.05) is 38.8 Å². The van der Waals surface area contributed by atoms with Crippen LogP contribution in [0.4, 0.5) is 0 Å². The summed E-state index contributed by atoms with van der Waals surface area (Å²) in [5.74, 6) is 1.54. The Labute approximate surface area is 127 Å². The van der Waals surface area contributed by atoms with Gasteiger partial charge in [-0.1, -0.05) is 6.07 Å². The van der Waals surface area contributed by atoms with Crippen molar-refractivity contribution < 1.29 is 9.47 Å². The van der Waals surface area contributed by atoms with E-state index in [4.69, 9.17) is 15.2 Å². The van der Waals surface area contributed by atoms with Crippen LogP contribution in [0.15, 0.2) is 18.2 Å². The molecule has 0 radical (unpaired) electrons. The molecule has 1 aromatic carbocycles. The van der Waals surface area contributed by atoms with E-state index in [1.165, 1.54) is 0 Å². The smallest absolute Gasteiger partial charge is 0.161 e. The van der Waals surface area contributed by atoms with E-state index in [0.29, 0.717) is 6.61 Å². The monoisotopic (exact) mass is 293 g/mol. The van der Waals surface area contributed by atoms with Crippen molar-refractivity contribution in [1.82, 2.24) is 9.80 Å². The summed E-state index contributed by atoms with van der Waals surface area (Å²) in [4.78, 5) is 4.79. The highest BCUT2D eigenvalue weighted by atomic mass is 16.5. The van der Waals surface area contributed by atoms with Crippen LogP contribution in [0.1, 0.15) is 18.5 Å². The standard InChI is InChI=1S/C16H27N3O2/c1-13(17)14-4-5-15(16(12-14)20-3)21-11-10-19-8-6-18(2)7-9-19/h4-5,12-13H,6-11,17H2,1-3H3/t13-/m1/s1. The molecule has 1 aromatic rings. The summed E-state index contributed by atoms with van der Waals surface area (Å²) in [6, 6.07) is 5.90. The molecule has 1 atom stereocenters. The number of nitrogens with zero attached hydrogens (tertiary/aromatic N) is 2. The van der Waals surface area contributed by atoms with Crippen molar-refractivity contribution in [2.24, 2.45) is 5.73 Å². The van der Waals surface area contributed by atoms with Gasteiger partial charge in [-0.3, -0.25) is 4.90 Å². The Morgan fingerprint density at radius 3 is 2.52 bits per heavy atom. The van der Waals surface area contributed by atoms with Gasteiger partial charge in [0.2, 0.25) is 0 Å². The lowest BCUT2D eigenvalue weighted by Crippen LogP contribution is -2.45. The fourth-order valence-corrected chi connectivity index (χ4v) is 2.44. The fourth-order valence-electron chi connectivity index (χ4n) is 2.44. The zero-order valence-electron chi connectivity index (χ0n) is 13.3. The van der Waals surface area contributed by atoms with E-state index in [0.717, 1.165) is 49.8 Å². The molecule has 0 bridgehead atoms. The van der Waals surface area contributed by atoms with Crippen molar-refractivity contribution in [3.8, 4) is 11.5 Å². The molecule has 0 amide bonds. The SMILES string of the molecule is COc1cc([C@@H](C)N)ccc1OCCN1CCN(C)CC1. The Morgan fingerprint density at radius 2 is 1.90 bits per heavy atom. The van der Waals surface area contributed by atoms with Crippen LogP contribution in [0.5, 0.6) is 11.5 Å². The molecule has 1 heterocycles. The first-order valence-electron chi connectivity index (χ1n) is 7.57. The maximum atomic E-state index is 5.89. The summed E-state index contributed by atoms with van der Waals surface area (Å²) < 4.78 is 11.3. The second-order valence-corrected chi connectivity index (χ2v) is 5.69. The molecule has 0 saturated carbocycles. The first-order chi connectivity index (χ1) is 10.1. The van der Waals surface area contributed by atoms with Crippen LogP contribution in [0.25, 0.3) is 0 Å². The van der Waals surface area contributed by atoms with Crippen LogP contribution in [0.2, 0.25) is 0 Å². The Hall–Kier alpha value is -1.30. The molecule has 0 aromatic heterocycles. The number of hydrogen-bond donors (Lipinski definition) is 1. The van der Waals surface area contributed by atoms with Crippen LogP contribution in [-0.2, 0) is 0 Å². The summed E-state index contributed by atoms with van der Waals surface area (Å²) in [6.07, 6.45) is 0. The van der Waals surface area contributed by atoms with Gasteiger partial charge in [-0.25, -0.2) is 0 Å². The van der Waals surface area contributed by atoms with Gasteiger partial charge in [-0.2, -0.15) is 0 Å². The normalized spacial score (nSPS) is 18.5. The lowest BCUT2D eigenvalue weighted by Gasteiger charge is -2.32. The summed E-state index contributed by atoms with van der Waals surface area (Å²) in [7, 11) is 3.83. The molecule has 1 aliphatic heterocycles. The first kappa shape index (κ1) is 16.1. The number of benzene rings is 1. The third-order valence-electron chi connectivity index (χ3n) is 3.97. The minimum Gasteiger partial charge on any atom is -0.493 e. The van der Waals surface area contributed by atoms with E-state index < -0.39 is 0 Å². The Kier molecular flexibility index (Phi) is 5.85. The predicted molar refractivity (Wildman–Crippen MR) is 85.0 cm³/mol. The van der Waals surface area contributed by atoms with Gasteiger partial charge in [0.25, 0.3) is 0 Å². The molecule has 2 rings (SSSR count). The van der Waals surface area contributed by atoms with Gasteiger partial charge >= 0.3 is 0 Å². The van der Waals surface area contributed by atoms with Crippen LogP contribution in [0.3, 0.4) is 0 Å². The average molecular weight is 293 g/mol. The molecule has 0 aliphatic carbocycles. The van der Waals surface area contributed by atoms with E-state index >= 15 is 0 Å². The number of ether oxygens (including phenoxy) is 2. The van der Waals surface area contributed by atoms with Gasteiger partial charge in [0.05, 0.1) is 7.11 Å². The predicted octanol–water partition coefficient (Wildman–Crippen LogP) is 1.34. The quantitative estimate of drug-likeness (QED) is 0.858. The van der Waals surface area contributed by atoms with Crippen LogP contribution < -0.4 is 15.2 Å². The van der Waals surface area contributed by atoms with Crippen molar-refractivity contribution in [2.45, 2.75) is 13.0 Å². The minimum atomic E-state index is -0.00158. The number of piperazine rings is 1. The van der Waals surface area contributed by atoms with Gasteiger partial charge in [-0.05, 0) is 31.7 Å². The Bertz CT molecular complexity index is 443. The second-order valence-electron chi connectivity index (χ2n) is 5.69. The number of hydrogen-bond acceptors (Lipinski definition) is 5. The number of methoxy groups -OCH3 is 1. The van der Waals surface area contributed by atoms with Crippen LogP contribution in [0, 0.1) is 0 Å². The van der Waals surface area contributed by atoms with E-state index in [2.05, 4.69) is 16.8 Å². The number of likely N-dealkylation sites (N-methyl/N-ethyl adjacent to an activating group) is 1. The molecule has 21 heavy (non-hydrogen) atoms. The largest absolute Gasteiger partial charge is 0.493 e. The maximum absolute atomic E-state index is 5.89. The molecule has 118 valence electrons. The number of nitrogens with two attached hydrogens (primary N) is 1. The molecule has 1 aliphatic rings. The third kappa shape index (κ3) is 4.59.